The van der Waals surface area contributed by atoms with Crippen molar-refractivity contribution in [1.29, 1.82) is 0 Å². The lowest BCUT2D eigenvalue weighted by atomic mass is 9.73. The molecule has 19 heavy (non-hydrogen) atoms. The summed E-state index contributed by atoms with van der Waals surface area (Å²) >= 11 is 0. The Morgan fingerprint density at radius 2 is 1.79 bits per heavy atom. The number of nitrogens with two attached hydrogens (primary N) is 1. The number of hydrogen-bond donors (Lipinski definition) is 1. The van der Waals surface area contributed by atoms with Gasteiger partial charge in [0.25, 0.3) is 0 Å². The highest BCUT2D eigenvalue weighted by Gasteiger charge is 2.37. The molecule has 2 aliphatic heterocycles. The van der Waals surface area contributed by atoms with Gasteiger partial charge in [-0.25, -0.2) is 0 Å². The van der Waals surface area contributed by atoms with Crippen LogP contribution in [0.5, 0.6) is 0 Å². The van der Waals surface area contributed by atoms with E-state index in [4.69, 9.17) is 10.5 Å². The van der Waals surface area contributed by atoms with Gasteiger partial charge in [-0.1, -0.05) is 19.3 Å². The number of nitrogens with zero attached hydrogens (tertiary/aromatic N) is 1. The summed E-state index contributed by atoms with van der Waals surface area (Å²) < 4.78 is 5.53. The average Bonchev–Trinajstić information content (AvgIpc) is 2.48. The molecule has 1 saturated carbocycles. The fourth-order valence-electron chi connectivity index (χ4n) is 4.53. The Balaban J connectivity index is 1.57. The fraction of sp³-hybridized carbons (Fsp3) is 1.00. The molecule has 0 spiro atoms. The summed E-state index contributed by atoms with van der Waals surface area (Å²) in [5.74, 6) is 2.02. The van der Waals surface area contributed by atoms with Crippen molar-refractivity contribution in [3.05, 3.63) is 0 Å². The molecule has 0 amide bonds. The molecule has 1 aliphatic carbocycles. The van der Waals surface area contributed by atoms with E-state index in [1.807, 2.05) is 0 Å². The third-order valence-electron chi connectivity index (χ3n) is 5.92. The molecule has 3 rings (SSSR count). The predicted octanol–water partition coefficient (Wildman–Crippen LogP) is 2.25. The maximum atomic E-state index is 6.10. The SMILES string of the molecule is NCC1(CN2CCC3CCCCC3C2)CCOCC1. The molecule has 0 bridgehead atoms. The number of ether oxygens (including phenoxy) is 1. The molecule has 2 heterocycles. The summed E-state index contributed by atoms with van der Waals surface area (Å²) in [6, 6.07) is 0. The Morgan fingerprint density at radius 1 is 1.05 bits per heavy atom. The minimum atomic E-state index is 0.347. The van der Waals surface area contributed by atoms with E-state index in [0.29, 0.717) is 5.41 Å². The van der Waals surface area contributed by atoms with Crippen LogP contribution in [0.4, 0.5) is 0 Å². The van der Waals surface area contributed by atoms with E-state index < -0.39 is 0 Å². The number of rotatable bonds is 3. The van der Waals surface area contributed by atoms with Crippen LogP contribution in [-0.4, -0.2) is 44.3 Å². The minimum Gasteiger partial charge on any atom is -0.381 e. The molecule has 2 N–H and O–H groups in total. The van der Waals surface area contributed by atoms with Crippen LogP contribution >= 0.6 is 0 Å². The van der Waals surface area contributed by atoms with E-state index in [0.717, 1.165) is 44.4 Å². The molecular weight excluding hydrogens is 236 g/mol. The molecule has 3 fully saturated rings. The third-order valence-corrected chi connectivity index (χ3v) is 5.92. The van der Waals surface area contributed by atoms with Gasteiger partial charge in [0.15, 0.2) is 0 Å². The number of hydrogen-bond acceptors (Lipinski definition) is 3. The Kier molecular flexibility index (Phi) is 4.45. The zero-order chi connectivity index (χ0) is 13.1. The van der Waals surface area contributed by atoms with Crippen molar-refractivity contribution in [2.45, 2.75) is 44.9 Å². The van der Waals surface area contributed by atoms with Gasteiger partial charge in [0.05, 0.1) is 0 Å². The lowest BCUT2D eigenvalue weighted by molar-refractivity contribution is -0.0158. The van der Waals surface area contributed by atoms with Gasteiger partial charge in [0.1, 0.15) is 0 Å². The Hall–Kier alpha value is -0.120. The topological polar surface area (TPSA) is 38.5 Å². The second-order valence-corrected chi connectivity index (χ2v) is 7.14. The first-order valence-corrected chi connectivity index (χ1v) is 8.31. The Bertz CT molecular complexity index is 288. The molecular formula is C16H30N2O. The number of fused-ring (bicyclic) bond motifs is 1. The smallest absolute Gasteiger partial charge is 0.0472 e. The first-order chi connectivity index (χ1) is 9.31. The molecule has 0 aromatic carbocycles. The summed E-state index contributed by atoms with van der Waals surface area (Å²) in [5.41, 5.74) is 6.45. The van der Waals surface area contributed by atoms with E-state index in [1.54, 1.807) is 0 Å². The number of piperidine rings is 1. The van der Waals surface area contributed by atoms with E-state index in [2.05, 4.69) is 4.90 Å². The zero-order valence-corrected chi connectivity index (χ0v) is 12.3. The van der Waals surface area contributed by atoms with Crippen LogP contribution in [0.2, 0.25) is 0 Å². The van der Waals surface area contributed by atoms with Gasteiger partial charge in [-0.05, 0) is 56.0 Å². The van der Waals surface area contributed by atoms with Crippen molar-refractivity contribution < 1.29 is 4.74 Å². The van der Waals surface area contributed by atoms with Gasteiger partial charge in [0, 0.05) is 26.3 Å². The third kappa shape index (κ3) is 3.14. The Labute approximate surface area is 117 Å². The molecule has 3 aliphatic rings. The van der Waals surface area contributed by atoms with Crippen LogP contribution in [0.15, 0.2) is 0 Å². The molecule has 0 radical (unpaired) electrons. The van der Waals surface area contributed by atoms with E-state index in [-0.39, 0.29) is 0 Å². The van der Waals surface area contributed by atoms with Crippen LogP contribution in [0.3, 0.4) is 0 Å². The van der Waals surface area contributed by atoms with Gasteiger partial charge in [-0.15, -0.1) is 0 Å². The summed E-state index contributed by atoms with van der Waals surface area (Å²) in [6.45, 7) is 6.53. The van der Waals surface area contributed by atoms with Crippen molar-refractivity contribution >= 4 is 0 Å². The first kappa shape index (κ1) is 13.8. The maximum Gasteiger partial charge on any atom is 0.0472 e. The van der Waals surface area contributed by atoms with E-state index in [9.17, 15) is 0 Å². The van der Waals surface area contributed by atoms with Crippen molar-refractivity contribution in [3.8, 4) is 0 Å². The van der Waals surface area contributed by atoms with E-state index in [1.165, 1.54) is 51.7 Å². The van der Waals surface area contributed by atoms with Crippen LogP contribution in [0.1, 0.15) is 44.9 Å². The van der Waals surface area contributed by atoms with E-state index >= 15 is 0 Å². The molecule has 2 atom stereocenters. The van der Waals surface area contributed by atoms with Crippen molar-refractivity contribution in [2.75, 3.05) is 39.4 Å². The highest BCUT2D eigenvalue weighted by Crippen LogP contribution is 2.38. The molecule has 2 unspecified atom stereocenters. The van der Waals surface area contributed by atoms with Crippen LogP contribution in [-0.2, 0) is 4.74 Å². The fourth-order valence-corrected chi connectivity index (χ4v) is 4.53. The van der Waals surface area contributed by atoms with Gasteiger partial charge < -0.3 is 15.4 Å². The van der Waals surface area contributed by atoms with Gasteiger partial charge in [0.2, 0.25) is 0 Å². The highest BCUT2D eigenvalue weighted by atomic mass is 16.5. The van der Waals surface area contributed by atoms with Gasteiger partial charge >= 0.3 is 0 Å². The summed E-state index contributed by atoms with van der Waals surface area (Å²) in [5, 5.41) is 0. The standard InChI is InChI=1S/C16H30N2O/c17-12-16(6-9-19-10-7-16)13-18-8-5-14-3-1-2-4-15(14)11-18/h14-15H,1-13,17H2. The molecule has 110 valence electrons. The second kappa shape index (κ2) is 6.11. The van der Waals surface area contributed by atoms with Crippen molar-refractivity contribution in [1.82, 2.24) is 4.90 Å². The van der Waals surface area contributed by atoms with Gasteiger partial charge in [-0.2, -0.15) is 0 Å². The summed E-state index contributed by atoms with van der Waals surface area (Å²) in [6.07, 6.45) is 9.66. The van der Waals surface area contributed by atoms with Gasteiger partial charge in [-0.3, -0.25) is 0 Å². The van der Waals surface area contributed by atoms with Crippen molar-refractivity contribution in [2.24, 2.45) is 23.0 Å². The Morgan fingerprint density at radius 3 is 2.53 bits per heavy atom. The lowest BCUT2D eigenvalue weighted by Gasteiger charge is -2.46. The monoisotopic (exact) mass is 266 g/mol. The molecule has 3 heteroatoms. The minimum absolute atomic E-state index is 0.347. The van der Waals surface area contributed by atoms with Crippen LogP contribution in [0.25, 0.3) is 0 Å². The first-order valence-electron chi connectivity index (χ1n) is 8.31. The van der Waals surface area contributed by atoms with Crippen LogP contribution in [0, 0.1) is 17.3 Å². The second-order valence-electron chi connectivity index (χ2n) is 7.14. The normalized spacial score (nSPS) is 35.8. The molecule has 3 nitrogen and oxygen atoms in total. The quantitative estimate of drug-likeness (QED) is 0.851. The summed E-state index contributed by atoms with van der Waals surface area (Å²) in [7, 11) is 0. The maximum absolute atomic E-state index is 6.10. The lowest BCUT2D eigenvalue weighted by Crippen LogP contribution is -2.50. The predicted molar refractivity (Wildman–Crippen MR) is 78.0 cm³/mol. The number of likely N-dealkylation sites (tertiary alicyclic amines) is 1. The van der Waals surface area contributed by atoms with Crippen LogP contribution < -0.4 is 5.73 Å². The largest absolute Gasteiger partial charge is 0.381 e. The highest BCUT2D eigenvalue weighted by molar-refractivity contribution is 4.90. The molecule has 2 saturated heterocycles. The molecule has 0 aromatic rings. The van der Waals surface area contributed by atoms with Crippen molar-refractivity contribution in [3.63, 3.8) is 0 Å². The summed E-state index contributed by atoms with van der Waals surface area (Å²) in [4.78, 5) is 2.73. The zero-order valence-electron chi connectivity index (χ0n) is 12.3. The molecule has 0 aromatic heterocycles. The average molecular weight is 266 g/mol.